The summed E-state index contributed by atoms with van der Waals surface area (Å²) in [4.78, 5) is 28.4. The lowest BCUT2D eigenvalue weighted by molar-refractivity contribution is -0.138. The number of anilines is 1. The molecule has 1 atom stereocenters. The summed E-state index contributed by atoms with van der Waals surface area (Å²) in [7, 11) is 0. The number of aliphatic carboxylic acids is 1. The summed E-state index contributed by atoms with van der Waals surface area (Å²) in [5.41, 5.74) is 5.36. The number of hydrogen-bond acceptors (Lipinski definition) is 4. The van der Waals surface area contributed by atoms with Gasteiger partial charge in [-0.1, -0.05) is 18.9 Å². The van der Waals surface area contributed by atoms with Crippen LogP contribution in [-0.4, -0.2) is 34.6 Å². The maximum absolute atomic E-state index is 11.3. The second-order valence-corrected chi connectivity index (χ2v) is 4.64. The van der Waals surface area contributed by atoms with Gasteiger partial charge < -0.3 is 15.7 Å². The summed E-state index contributed by atoms with van der Waals surface area (Å²) >= 11 is 0. The lowest BCUT2D eigenvalue weighted by Gasteiger charge is -2.28. The van der Waals surface area contributed by atoms with Crippen LogP contribution in [-0.2, 0) is 4.79 Å². The van der Waals surface area contributed by atoms with Gasteiger partial charge in [0.05, 0.1) is 0 Å². The van der Waals surface area contributed by atoms with Gasteiger partial charge in [0.15, 0.2) is 0 Å². The maximum Gasteiger partial charge on any atom is 0.326 e. The molecule has 1 fully saturated rings. The number of primary amides is 1. The summed E-state index contributed by atoms with van der Waals surface area (Å²) < 4.78 is 0. The monoisotopic (exact) mass is 263 g/mol. The second kappa shape index (κ2) is 5.69. The number of carbonyl (C=O) groups is 2. The molecule has 0 aliphatic carbocycles. The summed E-state index contributed by atoms with van der Waals surface area (Å²) in [5, 5.41) is 9.31. The van der Waals surface area contributed by atoms with E-state index >= 15 is 0 Å². The van der Waals surface area contributed by atoms with Crippen molar-refractivity contribution in [2.45, 2.75) is 31.7 Å². The van der Waals surface area contributed by atoms with E-state index in [0.717, 1.165) is 19.3 Å². The highest BCUT2D eigenvalue weighted by molar-refractivity contribution is 5.91. The van der Waals surface area contributed by atoms with E-state index in [1.165, 1.54) is 6.07 Å². The lowest BCUT2D eigenvalue weighted by atomic mass is 10.1. The van der Waals surface area contributed by atoms with E-state index in [2.05, 4.69) is 4.98 Å². The van der Waals surface area contributed by atoms with Crippen molar-refractivity contribution in [2.24, 2.45) is 5.73 Å². The van der Waals surface area contributed by atoms with Crippen LogP contribution in [0, 0.1) is 0 Å². The van der Waals surface area contributed by atoms with Crippen LogP contribution >= 0.6 is 0 Å². The highest BCUT2D eigenvalue weighted by Crippen LogP contribution is 2.23. The van der Waals surface area contributed by atoms with Gasteiger partial charge in [0.1, 0.15) is 17.6 Å². The number of amides is 1. The molecule has 2 rings (SSSR count). The van der Waals surface area contributed by atoms with E-state index in [4.69, 9.17) is 5.73 Å². The number of nitrogens with two attached hydrogens (primary N) is 1. The first-order valence-electron chi connectivity index (χ1n) is 6.36. The zero-order valence-electron chi connectivity index (χ0n) is 10.6. The van der Waals surface area contributed by atoms with E-state index in [1.54, 1.807) is 17.0 Å². The van der Waals surface area contributed by atoms with Gasteiger partial charge in [-0.3, -0.25) is 4.79 Å². The molecule has 1 amide bonds. The number of nitrogens with zero attached hydrogens (tertiary/aromatic N) is 2. The molecule has 3 N–H and O–H groups in total. The zero-order chi connectivity index (χ0) is 13.8. The molecule has 0 aromatic carbocycles. The SMILES string of the molecule is NC(=O)c1cccc(N2CCCCCC2C(=O)O)n1. The minimum Gasteiger partial charge on any atom is -0.480 e. The Labute approximate surface area is 111 Å². The molecule has 0 saturated carbocycles. The molecular weight excluding hydrogens is 246 g/mol. The summed E-state index contributed by atoms with van der Waals surface area (Å²) in [6, 6.07) is 4.33. The van der Waals surface area contributed by atoms with Gasteiger partial charge in [-0.05, 0) is 25.0 Å². The van der Waals surface area contributed by atoms with Crippen LogP contribution in [0.3, 0.4) is 0 Å². The average Bonchev–Trinajstić information content (AvgIpc) is 2.64. The number of carbonyl (C=O) groups excluding carboxylic acids is 1. The third-order valence-corrected chi connectivity index (χ3v) is 3.32. The third kappa shape index (κ3) is 3.01. The van der Waals surface area contributed by atoms with Gasteiger partial charge in [-0.25, -0.2) is 9.78 Å². The number of rotatable bonds is 3. The Morgan fingerprint density at radius 3 is 2.79 bits per heavy atom. The molecule has 6 heteroatoms. The Bertz CT molecular complexity index is 490. The van der Waals surface area contributed by atoms with Gasteiger partial charge in [-0.15, -0.1) is 0 Å². The fourth-order valence-corrected chi connectivity index (χ4v) is 2.36. The Morgan fingerprint density at radius 2 is 2.11 bits per heavy atom. The van der Waals surface area contributed by atoms with Crippen LogP contribution in [0.5, 0.6) is 0 Å². The number of carboxylic acid groups (broad SMARTS) is 1. The van der Waals surface area contributed by atoms with Crippen molar-refractivity contribution in [3.8, 4) is 0 Å². The molecule has 1 aliphatic rings. The van der Waals surface area contributed by atoms with E-state index in [0.29, 0.717) is 18.8 Å². The summed E-state index contributed by atoms with van der Waals surface area (Å²) in [5.74, 6) is -0.956. The quantitative estimate of drug-likeness (QED) is 0.848. The molecule has 0 spiro atoms. The molecular formula is C13H17N3O3. The molecule has 1 saturated heterocycles. The topological polar surface area (TPSA) is 96.5 Å². The highest BCUT2D eigenvalue weighted by atomic mass is 16.4. The Kier molecular flexibility index (Phi) is 3.99. The number of hydrogen-bond donors (Lipinski definition) is 2. The molecule has 2 heterocycles. The minimum absolute atomic E-state index is 0.158. The first-order chi connectivity index (χ1) is 9.09. The molecule has 0 radical (unpaired) electrons. The number of pyridine rings is 1. The predicted molar refractivity (Wildman–Crippen MR) is 70.0 cm³/mol. The van der Waals surface area contributed by atoms with Gasteiger partial charge in [0.2, 0.25) is 0 Å². The van der Waals surface area contributed by atoms with Crippen molar-refractivity contribution in [3.63, 3.8) is 0 Å². The molecule has 6 nitrogen and oxygen atoms in total. The highest BCUT2D eigenvalue weighted by Gasteiger charge is 2.28. The van der Waals surface area contributed by atoms with Crippen molar-refractivity contribution in [1.29, 1.82) is 0 Å². The molecule has 1 aromatic heterocycles. The first kappa shape index (κ1) is 13.3. The minimum atomic E-state index is -0.854. The first-order valence-corrected chi connectivity index (χ1v) is 6.36. The Balaban J connectivity index is 2.33. The third-order valence-electron chi connectivity index (χ3n) is 3.32. The zero-order valence-corrected chi connectivity index (χ0v) is 10.6. The average molecular weight is 263 g/mol. The second-order valence-electron chi connectivity index (χ2n) is 4.64. The van der Waals surface area contributed by atoms with Crippen LogP contribution in [0.15, 0.2) is 18.2 Å². The largest absolute Gasteiger partial charge is 0.480 e. The maximum atomic E-state index is 11.3. The van der Waals surface area contributed by atoms with Gasteiger partial charge in [0, 0.05) is 6.54 Å². The van der Waals surface area contributed by atoms with Gasteiger partial charge in [-0.2, -0.15) is 0 Å². The Morgan fingerprint density at radius 1 is 1.32 bits per heavy atom. The Hall–Kier alpha value is -2.11. The molecule has 0 bridgehead atoms. The number of aromatic nitrogens is 1. The molecule has 1 unspecified atom stereocenters. The van der Waals surface area contributed by atoms with Crippen molar-refractivity contribution < 1.29 is 14.7 Å². The van der Waals surface area contributed by atoms with Crippen LogP contribution < -0.4 is 10.6 Å². The van der Waals surface area contributed by atoms with E-state index in [1.807, 2.05) is 0 Å². The van der Waals surface area contributed by atoms with Crippen molar-refractivity contribution in [3.05, 3.63) is 23.9 Å². The van der Waals surface area contributed by atoms with Crippen molar-refractivity contribution >= 4 is 17.7 Å². The molecule has 19 heavy (non-hydrogen) atoms. The number of carboxylic acids is 1. The van der Waals surface area contributed by atoms with Crippen LogP contribution in [0.1, 0.15) is 36.2 Å². The predicted octanol–water partition coefficient (Wildman–Crippen LogP) is 1.01. The normalized spacial score (nSPS) is 19.8. The molecule has 1 aliphatic heterocycles. The lowest BCUT2D eigenvalue weighted by Crippen LogP contribution is -2.41. The molecule has 1 aromatic rings. The van der Waals surface area contributed by atoms with Crippen LogP contribution in [0.25, 0.3) is 0 Å². The van der Waals surface area contributed by atoms with Crippen LogP contribution in [0.4, 0.5) is 5.82 Å². The summed E-state index contributed by atoms with van der Waals surface area (Å²) in [6.45, 7) is 0.631. The van der Waals surface area contributed by atoms with Crippen LogP contribution in [0.2, 0.25) is 0 Å². The van der Waals surface area contributed by atoms with Gasteiger partial charge >= 0.3 is 5.97 Å². The fraction of sp³-hybridized carbons (Fsp3) is 0.462. The van der Waals surface area contributed by atoms with Crippen molar-refractivity contribution in [1.82, 2.24) is 4.98 Å². The smallest absolute Gasteiger partial charge is 0.326 e. The van der Waals surface area contributed by atoms with Gasteiger partial charge in [0.25, 0.3) is 5.91 Å². The summed E-state index contributed by atoms with van der Waals surface area (Å²) in [6.07, 6.45) is 3.42. The van der Waals surface area contributed by atoms with E-state index in [-0.39, 0.29) is 5.69 Å². The molecule has 102 valence electrons. The van der Waals surface area contributed by atoms with Crippen molar-refractivity contribution in [2.75, 3.05) is 11.4 Å². The fourth-order valence-electron chi connectivity index (χ4n) is 2.36. The standard InChI is InChI=1S/C13H17N3O3/c14-12(17)9-5-4-7-11(15-9)16-8-3-1-2-6-10(16)13(18)19/h4-5,7,10H,1-3,6,8H2,(H2,14,17)(H,18,19). The van der Waals surface area contributed by atoms with E-state index in [9.17, 15) is 14.7 Å². The van der Waals surface area contributed by atoms with E-state index < -0.39 is 17.9 Å².